The zero-order chi connectivity index (χ0) is 19.6. The van der Waals surface area contributed by atoms with Crippen LogP contribution >= 0.6 is 0 Å². The maximum atomic E-state index is 5.55. The Bertz CT molecular complexity index is 858. The van der Waals surface area contributed by atoms with Crippen LogP contribution in [0, 0.1) is 0 Å². The molecular weight excluding hydrogens is 364 g/mol. The topological polar surface area (TPSA) is 48.3 Å². The largest absolute Gasteiger partial charge is 0.381 e. The van der Waals surface area contributed by atoms with Gasteiger partial charge in [0.25, 0.3) is 0 Å². The maximum absolute atomic E-state index is 5.55. The highest BCUT2D eigenvalue weighted by Gasteiger charge is 2.30. The fraction of sp³-hybridized carbons (Fsp3) is 0.591. The second-order valence-corrected chi connectivity index (χ2v) is 8.53. The highest BCUT2D eigenvalue weighted by atomic mass is 16.5. The molecule has 3 aliphatic rings. The van der Waals surface area contributed by atoms with Gasteiger partial charge in [0.1, 0.15) is 0 Å². The van der Waals surface area contributed by atoms with Crippen LogP contribution in [-0.4, -0.2) is 77.6 Å². The molecule has 0 aromatic carbocycles. The van der Waals surface area contributed by atoms with Crippen LogP contribution in [-0.2, 0) is 11.3 Å². The molecule has 5 rings (SSSR count). The molecule has 2 fully saturated rings. The van der Waals surface area contributed by atoms with Crippen molar-refractivity contribution in [3.05, 3.63) is 42.4 Å². The predicted octanol–water partition coefficient (Wildman–Crippen LogP) is 1.90. The van der Waals surface area contributed by atoms with Crippen molar-refractivity contribution in [1.82, 2.24) is 24.7 Å². The highest BCUT2D eigenvalue weighted by Crippen LogP contribution is 2.25. The van der Waals surface area contributed by atoms with Crippen LogP contribution in [0.1, 0.15) is 25.3 Å². The van der Waals surface area contributed by atoms with Gasteiger partial charge in [0.15, 0.2) is 0 Å². The SMILES string of the molecule is CC1CN(Cc2ccn3ncc(N4C=CCNC4)c3c2)CCN1C1CCOCC1. The first-order valence-corrected chi connectivity index (χ1v) is 10.9. The molecule has 0 bridgehead atoms. The number of anilines is 1. The van der Waals surface area contributed by atoms with Crippen molar-refractivity contribution in [3.63, 3.8) is 0 Å². The van der Waals surface area contributed by atoms with Gasteiger partial charge in [-0.05, 0) is 37.5 Å². The van der Waals surface area contributed by atoms with Gasteiger partial charge in [0, 0.05) is 70.4 Å². The Balaban J connectivity index is 1.27. The minimum atomic E-state index is 0.602. The molecule has 156 valence electrons. The number of ether oxygens (including phenoxy) is 1. The Hall–Kier alpha value is -1.93. The van der Waals surface area contributed by atoms with E-state index in [0.29, 0.717) is 12.1 Å². The van der Waals surface area contributed by atoms with Crippen LogP contribution < -0.4 is 10.2 Å². The van der Waals surface area contributed by atoms with E-state index < -0.39 is 0 Å². The summed E-state index contributed by atoms with van der Waals surface area (Å²) in [5.74, 6) is 0. The second kappa shape index (κ2) is 8.44. The van der Waals surface area contributed by atoms with Crippen molar-refractivity contribution in [3.8, 4) is 0 Å². The molecule has 0 spiro atoms. The lowest BCUT2D eigenvalue weighted by atomic mass is 10.0. The van der Waals surface area contributed by atoms with Gasteiger partial charge >= 0.3 is 0 Å². The monoisotopic (exact) mass is 396 g/mol. The Kier molecular flexibility index (Phi) is 5.54. The molecule has 2 aromatic heterocycles. The number of piperazine rings is 1. The summed E-state index contributed by atoms with van der Waals surface area (Å²) in [7, 11) is 0. The van der Waals surface area contributed by atoms with E-state index in [9.17, 15) is 0 Å². The minimum Gasteiger partial charge on any atom is -0.381 e. The summed E-state index contributed by atoms with van der Waals surface area (Å²) in [6.07, 6.45) is 10.7. The molecule has 0 saturated carbocycles. The zero-order valence-corrected chi connectivity index (χ0v) is 17.3. The fourth-order valence-corrected chi connectivity index (χ4v) is 5.01. The standard InChI is InChI=1S/C22H32N6O/c1-18-15-25(9-10-27(18)20-4-11-29-12-5-20)16-19-3-8-28-21(13-19)22(14-24-28)26-7-2-6-23-17-26/h2-3,7-8,13-14,18,20,23H,4-6,9-12,15-17H2,1H3. The summed E-state index contributed by atoms with van der Waals surface area (Å²) >= 11 is 0. The van der Waals surface area contributed by atoms with E-state index in [4.69, 9.17) is 4.74 Å². The van der Waals surface area contributed by atoms with Gasteiger partial charge < -0.3 is 9.64 Å². The number of hydrogen-bond acceptors (Lipinski definition) is 6. The number of fused-ring (bicyclic) bond motifs is 1. The van der Waals surface area contributed by atoms with Gasteiger partial charge in [-0.25, -0.2) is 4.52 Å². The van der Waals surface area contributed by atoms with Gasteiger partial charge in [-0.3, -0.25) is 15.1 Å². The molecule has 1 atom stereocenters. The lowest BCUT2D eigenvalue weighted by Gasteiger charge is -2.45. The Morgan fingerprint density at radius 3 is 2.93 bits per heavy atom. The molecule has 1 unspecified atom stereocenters. The van der Waals surface area contributed by atoms with Crippen molar-refractivity contribution in [2.75, 3.05) is 51.0 Å². The van der Waals surface area contributed by atoms with Gasteiger partial charge in [0.2, 0.25) is 0 Å². The average molecular weight is 397 g/mol. The van der Waals surface area contributed by atoms with Gasteiger partial charge in [-0.15, -0.1) is 0 Å². The third-order valence-corrected chi connectivity index (χ3v) is 6.53. The van der Waals surface area contributed by atoms with Crippen molar-refractivity contribution in [1.29, 1.82) is 0 Å². The fourth-order valence-electron chi connectivity index (χ4n) is 5.01. The van der Waals surface area contributed by atoms with E-state index in [1.165, 1.54) is 23.9 Å². The van der Waals surface area contributed by atoms with E-state index in [2.05, 4.69) is 62.6 Å². The van der Waals surface area contributed by atoms with Crippen LogP contribution in [0.3, 0.4) is 0 Å². The van der Waals surface area contributed by atoms with Crippen molar-refractivity contribution in [2.45, 2.75) is 38.4 Å². The summed E-state index contributed by atoms with van der Waals surface area (Å²) < 4.78 is 7.53. The molecule has 1 N–H and O–H groups in total. The van der Waals surface area contributed by atoms with Crippen LogP contribution in [0.2, 0.25) is 0 Å². The van der Waals surface area contributed by atoms with Crippen LogP contribution in [0.5, 0.6) is 0 Å². The molecule has 0 radical (unpaired) electrons. The molecule has 0 amide bonds. The van der Waals surface area contributed by atoms with Crippen LogP contribution in [0.25, 0.3) is 5.52 Å². The predicted molar refractivity (Wildman–Crippen MR) is 115 cm³/mol. The van der Waals surface area contributed by atoms with E-state index in [1.807, 2.05) is 10.7 Å². The molecule has 5 heterocycles. The molecule has 0 aliphatic carbocycles. The molecule has 7 heteroatoms. The lowest BCUT2D eigenvalue weighted by molar-refractivity contribution is -0.0113. The van der Waals surface area contributed by atoms with Crippen molar-refractivity contribution in [2.24, 2.45) is 0 Å². The molecule has 2 aromatic rings. The van der Waals surface area contributed by atoms with Gasteiger partial charge in [-0.2, -0.15) is 5.10 Å². The van der Waals surface area contributed by atoms with E-state index in [0.717, 1.165) is 58.3 Å². The number of nitrogens with zero attached hydrogens (tertiary/aromatic N) is 5. The van der Waals surface area contributed by atoms with Gasteiger partial charge in [0.05, 0.1) is 24.1 Å². The summed E-state index contributed by atoms with van der Waals surface area (Å²) in [4.78, 5) is 7.54. The van der Waals surface area contributed by atoms with Gasteiger partial charge in [-0.1, -0.05) is 6.08 Å². The molecule has 29 heavy (non-hydrogen) atoms. The summed E-state index contributed by atoms with van der Waals surface area (Å²) in [5.41, 5.74) is 3.69. The minimum absolute atomic E-state index is 0.602. The lowest BCUT2D eigenvalue weighted by Crippen LogP contribution is -2.56. The average Bonchev–Trinajstić information content (AvgIpc) is 3.18. The van der Waals surface area contributed by atoms with Crippen LogP contribution in [0.4, 0.5) is 5.69 Å². The first-order chi connectivity index (χ1) is 14.3. The summed E-state index contributed by atoms with van der Waals surface area (Å²) in [6, 6.07) is 5.83. The molecule has 3 aliphatic heterocycles. The number of pyridine rings is 1. The molecule has 7 nitrogen and oxygen atoms in total. The highest BCUT2D eigenvalue weighted by molar-refractivity contribution is 5.74. The molecule has 2 saturated heterocycles. The number of aromatic nitrogens is 2. The second-order valence-electron chi connectivity index (χ2n) is 8.53. The van der Waals surface area contributed by atoms with Crippen molar-refractivity contribution < 1.29 is 4.74 Å². The normalized spacial score (nSPS) is 25.1. The van der Waals surface area contributed by atoms with E-state index in [1.54, 1.807) is 0 Å². The Labute approximate surface area is 172 Å². The molecular formula is C22H32N6O. The summed E-state index contributed by atoms with van der Waals surface area (Å²) in [6.45, 7) is 10.4. The third-order valence-electron chi connectivity index (χ3n) is 6.53. The first kappa shape index (κ1) is 19.1. The smallest absolute Gasteiger partial charge is 0.0902 e. The summed E-state index contributed by atoms with van der Waals surface area (Å²) in [5, 5.41) is 7.92. The Morgan fingerprint density at radius 1 is 1.24 bits per heavy atom. The van der Waals surface area contributed by atoms with Crippen molar-refractivity contribution >= 4 is 11.2 Å². The number of hydrogen-bond donors (Lipinski definition) is 1. The van der Waals surface area contributed by atoms with E-state index in [-0.39, 0.29) is 0 Å². The third kappa shape index (κ3) is 4.05. The maximum Gasteiger partial charge on any atom is 0.0902 e. The number of nitrogens with one attached hydrogen (secondary N) is 1. The quantitative estimate of drug-likeness (QED) is 0.852. The zero-order valence-electron chi connectivity index (χ0n) is 17.3. The first-order valence-electron chi connectivity index (χ1n) is 10.9. The van der Waals surface area contributed by atoms with Crippen LogP contribution in [0.15, 0.2) is 36.8 Å². The number of rotatable bonds is 4. The van der Waals surface area contributed by atoms with E-state index >= 15 is 0 Å². The Morgan fingerprint density at radius 2 is 2.14 bits per heavy atom.